The molecular weight excluding hydrogens is 348 g/mol. The highest BCUT2D eigenvalue weighted by Gasteiger charge is 2.33. The molecule has 1 aliphatic heterocycles. The summed E-state index contributed by atoms with van der Waals surface area (Å²) < 4.78 is 5.78. The number of anilines is 1. The number of hydrogen-bond donors (Lipinski definition) is 2. The van der Waals surface area contributed by atoms with Gasteiger partial charge in [0.05, 0.1) is 17.9 Å². The topological polar surface area (TPSA) is 80.5 Å². The lowest BCUT2D eigenvalue weighted by molar-refractivity contribution is -0.118. The van der Waals surface area contributed by atoms with Gasteiger partial charge in [0.1, 0.15) is 0 Å². The van der Waals surface area contributed by atoms with Crippen molar-refractivity contribution in [1.82, 2.24) is 9.88 Å². The Balaban J connectivity index is 1.52. The third-order valence-corrected chi connectivity index (χ3v) is 6.37. The predicted octanol–water partition coefficient (Wildman–Crippen LogP) is 2.99. The third-order valence-electron chi connectivity index (χ3n) is 5.56. The Bertz CT molecular complexity index is 590. The van der Waals surface area contributed by atoms with Crippen molar-refractivity contribution in [2.45, 2.75) is 71.1 Å². The molecule has 1 aromatic rings. The average Bonchev–Trinajstić information content (AvgIpc) is 3.01. The summed E-state index contributed by atoms with van der Waals surface area (Å²) in [6.07, 6.45) is 6.76. The van der Waals surface area contributed by atoms with Crippen LogP contribution in [0.4, 0.5) is 5.13 Å². The Morgan fingerprint density at radius 1 is 1.35 bits per heavy atom. The van der Waals surface area contributed by atoms with Crippen LogP contribution in [0.15, 0.2) is 5.38 Å². The van der Waals surface area contributed by atoms with Crippen LogP contribution in [0.5, 0.6) is 0 Å². The van der Waals surface area contributed by atoms with Crippen molar-refractivity contribution in [2.75, 3.05) is 25.0 Å². The fourth-order valence-corrected chi connectivity index (χ4v) is 5.06. The van der Waals surface area contributed by atoms with E-state index in [1.165, 1.54) is 30.6 Å². The minimum Gasteiger partial charge on any atom is -0.373 e. The molecule has 2 fully saturated rings. The molecular formula is C19H32N4O2S. The van der Waals surface area contributed by atoms with E-state index in [0.717, 1.165) is 38.2 Å². The summed E-state index contributed by atoms with van der Waals surface area (Å²) >= 11 is 1.50. The highest BCUT2D eigenvalue weighted by Crippen LogP contribution is 2.38. The van der Waals surface area contributed by atoms with Crippen molar-refractivity contribution in [1.29, 1.82) is 0 Å². The van der Waals surface area contributed by atoms with Gasteiger partial charge in [-0.2, -0.15) is 0 Å². The van der Waals surface area contributed by atoms with Crippen molar-refractivity contribution in [3.8, 4) is 0 Å². The number of morpholine rings is 1. The van der Waals surface area contributed by atoms with Crippen molar-refractivity contribution >= 4 is 22.4 Å². The summed E-state index contributed by atoms with van der Waals surface area (Å²) in [5.41, 5.74) is 7.00. The number of amides is 1. The molecule has 1 aromatic heterocycles. The van der Waals surface area contributed by atoms with Crippen molar-refractivity contribution in [2.24, 2.45) is 11.1 Å². The lowest BCUT2D eigenvalue weighted by Gasteiger charge is -2.35. The monoisotopic (exact) mass is 380 g/mol. The molecule has 0 bridgehead atoms. The SMILES string of the molecule is CC1CN(Cc2csc(NC(=O)CC3(CN)CCCCC3)n2)CC(C)O1. The van der Waals surface area contributed by atoms with Crippen LogP contribution in [0.1, 0.15) is 58.1 Å². The average molecular weight is 381 g/mol. The van der Waals surface area contributed by atoms with Gasteiger partial charge in [0, 0.05) is 31.4 Å². The normalized spacial score (nSPS) is 26.6. The van der Waals surface area contributed by atoms with E-state index >= 15 is 0 Å². The number of hydrogen-bond acceptors (Lipinski definition) is 6. The zero-order chi connectivity index (χ0) is 18.6. The minimum absolute atomic E-state index is 0.0114. The van der Waals surface area contributed by atoms with Gasteiger partial charge in [0.15, 0.2) is 5.13 Å². The molecule has 0 spiro atoms. The van der Waals surface area contributed by atoms with E-state index in [1.54, 1.807) is 0 Å². The van der Waals surface area contributed by atoms with Gasteiger partial charge >= 0.3 is 0 Å². The van der Waals surface area contributed by atoms with Gasteiger partial charge in [-0.1, -0.05) is 19.3 Å². The van der Waals surface area contributed by atoms with Gasteiger partial charge in [0.25, 0.3) is 0 Å². The highest BCUT2D eigenvalue weighted by molar-refractivity contribution is 7.13. The van der Waals surface area contributed by atoms with Gasteiger partial charge in [0.2, 0.25) is 5.91 Å². The Morgan fingerprint density at radius 3 is 2.69 bits per heavy atom. The molecule has 1 saturated carbocycles. The van der Waals surface area contributed by atoms with E-state index in [4.69, 9.17) is 10.5 Å². The predicted molar refractivity (Wildman–Crippen MR) is 105 cm³/mol. The first-order chi connectivity index (χ1) is 12.5. The van der Waals surface area contributed by atoms with E-state index in [0.29, 0.717) is 18.1 Å². The second-order valence-corrected chi connectivity index (χ2v) is 8.94. The van der Waals surface area contributed by atoms with E-state index in [-0.39, 0.29) is 23.5 Å². The number of carbonyl (C=O) groups excluding carboxylic acids is 1. The molecule has 3 rings (SSSR count). The van der Waals surface area contributed by atoms with Gasteiger partial charge in [-0.15, -0.1) is 11.3 Å². The molecule has 0 radical (unpaired) electrons. The number of nitrogens with zero attached hydrogens (tertiary/aromatic N) is 2. The van der Waals surface area contributed by atoms with Gasteiger partial charge in [-0.25, -0.2) is 4.98 Å². The zero-order valence-corrected chi connectivity index (χ0v) is 16.8. The molecule has 2 aliphatic rings. The standard InChI is InChI=1S/C19H32N4O2S/c1-14-9-23(10-15(2)25-14)11-16-12-26-18(21-16)22-17(24)8-19(13-20)6-4-3-5-7-19/h12,14-15H,3-11,13,20H2,1-2H3,(H,21,22,24). The summed E-state index contributed by atoms with van der Waals surface area (Å²) in [6.45, 7) is 7.45. The van der Waals surface area contributed by atoms with E-state index in [2.05, 4.69) is 29.0 Å². The van der Waals surface area contributed by atoms with Gasteiger partial charge in [-0.3, -0.25) is 9.69 Å². The zero-order valence-electron chi connectivity index (χ0n) is 16.0. The molecule has 1 aliphatic carbocycles. The van der Waals surface area contributed by atoms with Crippen LogP contribution < -0.4 is 11.1 Å². The number of ether oxygens (including phenoxy) is 1. The molecule has 7 heteroatoms. The second-order valence-electron chi connectivity index (χ2n) is 8.09. The second kappa shape index (κ2) is 8.78. The maximum Gasteiger partial charge on any atom is 0.226 e. The number of nitrogens with two attached hydrogens (primary N) is 1. The highest BCUT2D eigenvalue weighted by atomic mass is 32.1. The Labute approximate surface area is 160 Å². The molecule has 1 amide bonds. The first-order valence-electron chi connectivity index (χ1n) is 9.80. The van der Waals surface area contributed by atoms with E-state index < -0.39 is 0 Å². The van der Waals surface area contributed by atoms with Crippen molar-refractivity contribution < 1.29 is 9.53 Å². The van der Waals surface area contributed by atoms with Crippen LogP contribution in [0.2, 0.25) is 0 Å². The fraction of sp³-hybridized carbons (Fsp3) is 0.789. The molecule has 2 heterocycles. The van der Waals surface area contributed by atoms with Crippen molar-refractivity contribution in [3.05, 3.63) is 11.1 Å². The maximum absolute atomic E-state index is 12.5. The number of aromatic nitrogens is 1. The summed E-state index contributed by atoms with van der Waals surface area (Å²) in [6, 6.07) is 0. The van der Waals surface area contributed by atoms with Gasteiger partial charge in [-0.05, 0) is 38.6 Å². The molecule has 2 atom stereocenters. The van der Waals surface area contributed by atoms with Crippen LogP contribution in [0.3, 0.4) is 0 Å². The summed E-state index contributed by atoms with van der Waals surface area (Å²) in [7, 11) is 0. The molecule has 2 unspecified atom stereocenters. The minimum atomic E-state index is -0.0114. The van der Waals surface area contributed by atoms with E-state index in [9.17, 15) is 4.79 Å². The number of thiazole rings is 1. The Kier molecular flexibility index (Phi) is 6.66. The van der Waals surface area contributed by atoms with Crippen molar-refractivity contribution in [3.63, 3.8) is 0 Å². The number of nitrogens with one attached hydrogen (secondary N) is 1. The first kappa shape index (κ1) is 19.7. The van der Waals surface area contributed by atoms with Crippen LogP contribution in [0.25, 0.3) is 0 Å². The van der Waals surface area contributed by atoms with Crippen LogP contribution >= 0.6 is 11.3 Å². The molecule has 0 aromatic carbocycles. The number of rotatable bonds is 6. The van der Waals surface area contributed by atoms with Crippen LogP contribution in [-0.2, 0) is 16.1 Å². The smallest absolute Gasteiger partial charge is 0.226 e. The molecule has 1 saturated heterocycles. The van der Waals surface area contributed by atoms with Crippen LogP contribution in [-0.4, -0.2) is 47.6 Å². The summed E-state index contributed by atoms with van der Waals surface area (Å²) in [5.74, 6) is 0.0480. The fourth-order valence-electron chi connectivity index (χ4n) is 4.34. The third kappa shape index (κ3) is 5.25. The van der Waals surface area contributed by atoms with Crippen LogP contribution in [0, 0.1) is 5.41 Å². The maximum atomic E-state index is 12.5. The largest absolute Gasteiger partial charge is 0.373 e. The van der Waals surface area contributed by atoms with E-state index in [1.807, 2.05) is 5.38 Å². The molecule has 26 heavy (non-hydrogen) atoms. The Morgan fingerprint density at radius 2 is 2.04 bits per heavy atom. The Hall–Kier alpha value is -1.02. The molecule has 3 N–H and O–H groups in total. The lowest BCUT2D eigenvalue weighted by Crippen LogP contribution is -2.44. The number of carbonyl (C=O) groups is 1. The quantitative estimate of drug-likeness (QED) is 0.793. The molecule has 6 nitrogen and oxygen atoms in total. The summed E-state index contributed by atoms with van der Waals surface area (Å²) in [5, 5.41) is 5.73. The first-order valence-corrected chi connectivity index (χ1v) is 10.7. The summed E-state index contributed by atoms with van der Waals surface area (Å²) in [4.78, 5) is 19.5. The van der Waals surface area contributed by atoms with Gasteiger partial charge < -0.3 is 15.8 Å². The lowest BCUT2D eigenvalue weighted by atomic mass is 9.72. The molecule has 146 valence electrons.